The molecule has 4 amide bonds. The number of carbonyl (C=O) groups excluding carboxylic acids is 4. The first-order valence-corrected chi connectivity index (χ1v) is 21.0. The number of nitrogens with zero attached hydrogens (tertiary/aromatic N) is 7. The second-order valence-electron chi connectivity index (χ2n) is 16.1. The average molecular weight is 894 g/mol. The normalized spacial score (nSPS) is 19.1. The van der Waals surface area contributed by atoms with Crippen LogP contribution in [-0.2, 0) is 27.8 Å². The molecule has 2 fully saturated rings. The number of rotatable bonds is 17. The molecule has 2 aliphatic rings. The molecule has 1 aliphatic heterocycles. The summed E-state index contributed by atoms with van der Waals surface area (Å²) < 4.78 is 53.9. The van der Waals surface area contributed by atoms with Crippen molar-refractivity contribution in [2.45, 2.75) is 82.3 Å². The highest BCUT2D eigenvalue weighted by atomic mass is 19.4. The number of alkyl halides is 3. The molecule has 64 heavy (non-hydrogen) atoms. The lowest BCUT2D eigenvalue weighted by Crippen LogP contribution is -2.46. The van der Waals surface area contributed by atoms with Crippen molar-refractivity contribution in [2.24, 2.45) is 18.7 Å². The number of halogens is 3. The number of hydrogen-bond donors (Lipinski definition) is 5. The zero-order valence-electron chi connectivity index (χ0n) is 35.3. The minimum Gasteiger partial charge on any atom is -0.444 e. The van der Waals surface area contributed by atoms with E-state index >= 15 is 0 Å². The Labute approximate surface area is 364 Å². The molecule has 1 saturated heterocycles. The number of hydrogen-bond acceptors (Lipinski definition) is 12. The second kappa shape index (κ2) is 19.5. The van der Waals surface area contributed by atoms with Gasteiger partial charge in [-0.15, -0.1) is 0 Å². The molecule has 0 radical (unpaired) electrons. The van der Waals surface area contributed by atoms with Gasteiger partial charge in [0.1, 0.15) is 30.9 Å². The molecule has 1 aromatic carbocycles. The van der Waals surface area contributed by atoms with Crippen molar-refractivity contribution in [1.29, 1.82) is 0 Å². The molecule has 0 bridgehead atoms. The van der Waals surface area contributed by atoms with E-state index in [0.717, 1.165) is 17.3 Å². The molecule has 5 aromatic rings. The number of imidazole rings is 1. The van der Waals surface area contributed by atoms with Gasteiger partial charge in [0.2, 0.25) is 17.7 Å². The highest BCUT2D eigenvalue weighted by molar-refractivity contribution is 6.07. The molecule has 2 atom stereocenters. The van der Waals surface area contributed by atoms with Crippen LogP contribution in [0.4, 0.5) is 24.7 Å². The predicted molar refractivity (Wildman–Crippen MR) is 225 cm³/mol. The summed E-state index contributed by atoms with van der Waals surface area (Å²) in [5.41, 5.74) is 7.71. The van der Waals surface area contributed by atoms with E-state index in [0.29, 0.717) is 83.1 Å². The average Bonchev–Trinajstić information content (AvgIpc) is 4.00. The van der Waals surface area contributed by atoms with E-state index < -0.39 is 36.8 Å². The van der Waals surface area contributed by atoms with Gasteiger partial charge in [-0.05, 0) is 81.5 Å². The first-order chi connectivity index (χ1) is 30.6. The number of primary amides is 1. The Balaban J connectivity index is 0.844. The van der Waals surface area contributed by atoms with Gasteiger partial charge in [-0.25, -0.2) is 14.8 Å². The first kappa shape index (κ1) is 45.5. The molecule has 2 unspecified atom stereocenters. The van der Waals surface area contributed by atoms with Crippen molar-refractivity contribution < 1.29 is 46.6 Å². The van der Waals surface area contributed by atoms with Gasteiger partial charge in [-0.3, -0.25) is 33.0 Å². The summed E-state index contributed by atoms with van der Waals surface area (Å²) in [7, 11) is 3.47. The topological polar surface area (TPSA) is 247 Å². The lowest BCUT2D eigenvalue weighted by Gasteiger charge is -2.30. The summed E-state index contributed by atoms with van der Waals surface area (Å²) in [6.07, 6.45) is 3.55. The second-order valence-corrected chi connectivity index (χ2v) is 16.1. The summed E-state index contributed by atoms with van der Waals surface area (Å²) in [6.45, 7) is 0.166. The Hall–Kier alpha value is -6.55. The van der Waals surface area contributed by atoms with Crippen LogP contribution in [-0.4, -0.2) is 108 Å². The number of aryl methyl sites for hydroxylation is 2. The zero-order valence-corrected chi connectivity index (χ0v) is 35.3. The Kier molecular flexibility index (Phi) is 13.8. The van der Waals surface area contributed by atoms with Crippen LogP contribution in [0.1, 0.15) is 90.0 Å². The third-order valence-electron chi connectivity index (χ3n) is 11.6. The lowest BCUT2D eigenvalue weighted by atomic mass is 9.85. The molecule has 1 aliphatic carbocycles. The minimum atomic E-state index is -4.45. The van der Waals surface area contributed by atoms with Crippen molar-refractivity contribution in [3.8, 4) is 11.5 Å². The molecule has 19 nitrogen and oxygen atoms in total. The largest absolute Gasteiger partial charge is 0.444 e. The number of ether oxygens (including phenoxy) is 1. The number of piperidine rings is 1. The van der Waals surface area contributed by atoms with E-state index in [1.807, 2.05) is 18.2 Å². The number of amides is 4. The van der Waals surface area contributed by atoms with Crippen molar-refractivity contribution in [3.63, 3.8) is 0 Å². The van der Waals surface area contributed by atoms with Gasteiger partial charge in [0.25, 0.3) is 11.8 Å². The standard InChI is InChI=1S/C42H50F3N11O8/c1-53(17-5-19-63-18-4-7-24-6-3-8-30-35(24)54(2)41(62)56(30)31-13-14-33(57)51-38(31)60)40(61)25-9-11-27(12-10-25)55-21-28(34(52-55)36(46)58)49-37(59)29-22-64-39(50-29)26-15-16-47-32(20-26)48-23-42(43,44)45/h3,6,8,15-16,20-22,25,27,31,33,57H,4-5,7,9-14,17-19,23H2,1-2H3,(H2,46,58)(H,47,48)(H,49,59)(H,51,60). The summed E-state index contributed by atoms with van der Waals surface area (Å²) in [5, 5.41) is 21.5. The number of fused-ring (bicyclic) bond motifs is 1. The van der Waals surface area contributed by atoms with Gasteiger partial charge < -0.3 is 40.8 Å². The number of carbonyl (C=O) groups is 4. The maximum Gasteiger partial charge on any atom is 0.405 e. The van der Waals surface area contributed by atoms with E-state index in [1.54, 1.807) is 28.2 Å². The smallest absolute Gasteiger partial charge is 0.405 e. The van der Waals surface area contributed by atoms with E-state index in [2.05, 4.69) is 31.0 Å². The van der Waals surface area contributed by atoms with Crippen LogP contribution in [0, 0.1) is 5.92 Å². The fraction of sp³-hybridized carbons (Fsp3) is 0.476. The van der Waals surface area contributed by atoms with Crippen molar-refractivity contribution in [2.75, 3.05) is 44.0 Å². The summed E-state index contributed by atoms with van der Waals surface area (Å²) in [6, 6.07) is 7.56. The number of nitrogens with one attached hydrogen (secondary N) is 3. The van der Waals surface area contributed by atoms with Gasteiger partial charge in [0, 0.05) is 57.7 Å². The maximum atomic E-state index is 13.4. The number of anilines is 2. The SMILES string of the molecule is CN(CCCOCCCc1cccc2c1n(C)c(=O)n2C1CCC(O)NC1=O)C(=O)C1CCC(n2cc(NC(=O)c3coc(-c4ccnc(NCC(F)(F)F)c4)n3)c(C(N)=O)n2)CC1. The maximum absolute atomic E-state index is 13.4. The Bertz CT molecular complexity index is 2560. The number of aliphatic hydroxyl groups excluding tert-OH is 1. The molecular formula is C42H50F3N11O8. The van der Waals surface area contributed by atoms with Crippen LogP contribution in [0.3, 0.4) is 0 Å². The van der Waals surface area contributed by atoms with Crippen LogP contribution in [0.2, 0.25) is 0 Å². The number of benzene rings is 1. The quantitative estimate of drug-likeness (QED) is 0.0835. The monoisotopic (exact) mass is 893 g/mol. The van der Waals surface area contributed by atoms with E-state index in [-0.39, 0.29) is 63.8 Å². The molecule has 4 aromatic heterocycles. The first-order valence-electron chi connectivity index (χ1n) is 21.0. The number of aliphatic hydroxyl groups is 1. The van der Waals surface area contributed by atoms with Gasteiger partial charge in [-0.1, -0.05) is 12.1 Å². The molecule has 5 heterocycles. The number of nitrogens with two attached hydrogens (primary N) is 1. The minimum absolute atomic E-state index is 0.0322. The van der Waals surface area contributed by atoms with Gasteiger partial charge >= 0.3 is 11.9 Å². The molecule has 6 N–H and O–H groups in total. The van der Waals surface area contributed by atoms with Crippen LogP contribution in [0.5, 0.6) is 0 Å². The Morgan fingerprint density at radius 1 is 1.08 bits per heavy atom. The lowest BCUT2D eigenvalue weighted by molar-refractivity contribution is -0.135. The highest BCUT2D eigenvalue weighted by Crippen LogP contribution is 2.34. The third-order valence-corrected chi connectivity index (χ3v) is 11.6. The molecule has 0 spiro atoms. The number of para-hydroxylation sites is 1. The van der Waals surface area contributed by atoms with E-state index in [1.165, 1.54) is 29.1 Å². The van der Waals surface area contributed by atoms with Crippen LogP contribution < -0.4 is 27.4 Å². The number of pyridine rings is 1. The van der Waals surface area contributed by atoms with Crippen LogP contribution in [0.15, 0.2) is 58.2 Å². The van der Waals surface area contributed by atoms with Crippen LogP contribution in [0.25, 0.3) is 22.5 Å². The van der Waals surface area contributed by atoms with Crippen molar-refractivity contribution in [1.82, 2.24) is 39.1 Å². The molecular weight excluding hydrogens is 844 g/mol. The van der Waals surface area contributed by atoms with Crippen molar-refractivity contribution >= 4 is 46.2 Å². The van der Waals surface area contributed by atoms with Gasteiger partial charge in [0.15, 0.2) is 11.4 Å². The fourth-order valence-corrected chi connectivity index (χ4v) is 8.33. The number of aromatic nitrogens is 6. The highest BCUT2D eigenvalue weighted by Gasteiger charge is 2.33. The zero-order chi connectivity index (χ0) is 45.7. The fourth-order valence-electron chi connectivity index (χ4n) is 8.33. The third kappa shape index (κ3) is 10.4. The summed E-state index contributed by atoms with van der Waals surface area (Å²) in [5.74, 6) is -2.26. The molecule has 22 heteroatoms. The Morgan fingerprint density at radius 3 is 2.58 bits per heavy atom. The molecule has 7 rings (SSSR count). The summed E-state index contributed by atoms with van der Waals surface area (Å²) >= 11 is 0. The Morgan fingerprint density at radius 2 is 1.84 bits per heavy atom. The summed E-state index contributed by atoms with van der Waals surface area (Å²) in [4.78, 5) is 74.4. The number of oxazole rings is 1. The van der Waals surface area contributed by atoms with Gasteiger partial charge in [-0.2, -0.15) is 18.3 Å². The van der Waals surface area contributed by atoms with E-state index in [4.69, 9.17) is 14.9 Å². The molecule has 342 valence electrons. The predicted octanol–water partition coefficient (Wildman–Crippen LogP) is 3.91. The van der Waals surface area contributed by atoms with Gasteiger partial charge in [0.05, 0.1) is 22.8 Å². The van der Waals surface area contributed by atoms with Crippen molar-refractivity contribution in [3.05, 3.63) is 76.4 Å². The molecule has 1 saturated carbocycles. The van der Waals surface area contributed by atoms with E-state index in [9.17, 15) is 42.3 Å². The van der Waals surface area contributed by atoms with Crippen LogP contribution >= 0.6 is 0 Å².